The normalized spacial score (nSPS) is 9.38. The van der Waals surface area contributed by atoms with Crippen molar-refractivity contribution < 1.29 is 9.53 Å². The monoisotopic (exact) mass is 179 g/mol. The van der Waals surface area contributed by atoms with Crippen LogP contribution in [0.5, 0.6) is 5.75 Å². The van der Waals surface area contributed by atoms with E-state index in [4.69, 9.17) is 4.74 Å². The maximum Gasteiger partial charge on any atom is 0.254 e. The van der Waals surface area contributed by atoms with Crippen LogP contribution in [0, 0.1) is 0 Å². The van der Waals surface area contributed by atoms with Gasteiger partial charge in [-0.05, 0) is 19.1 Å². The number of rotatable bonds is 3. The van der Waals surface area contributed by atoms with Gasteiger partial charge in [0.25, 0.3) is 5.91 Å². The van der Waals surface area contributed by atoms with Crippen LogP contribution in [0.3, 0.4) is 0 Å². The lowest BCUT2D eigenvalue weighted by molar-refractivity contribution is 0.0959. The molecular formula is C10H13NO2. The molecule has 1 rings (SSSR count). The minimum absolute atomic E-state index is 0.121. The van der Waals surface area contributed by atoms with Crippen molar-refractivity contribution in [1.82, 2.24) is 5.32 Å². The van der Waals surface area contributed by atoms with Crippen LogP contribution in [0.15, 0.2) is 24.3 Å². The van der Waals surface area contributed by atoms with E-state index in [1.54, 1.807) is 19.2 Å². The van der Waals surface area contributed by atoms with Gasteiger partial charge < -0.3 is 10.1 Å². The molecule has 0 aliphatic rings. The summed E-state index contributed by atoms with van der Waals surface area (Å²) >= 11 is 0. The molecule has 3 nitrogen and oxygen atoms in total. The van der Waals surface area contributed by atoms with Crippen molar-refractivity contribution in [2.75, 3.05) is 13.7 Å². The lowest BCUT2D eigenvalue weighted by atomic mass is 10.2. The van der Waals surface area contributed by atoms with Gasteiger partial charge in [0.05, 0.1) is 12.2 Å². The van der Waals surface area contributed by atoms with Gasteiger partial charge in [-0.3, -0.25) is 4.79 Å². The molecule has 0 bridgehead atoms. The average Bonchev–Trinajstić information content (AvgIpc) is 2.18. The predicted octanol–water partition coefficient (Wildman–Crippen LogP) is 1.44. The van der Waals surface area contributed by atoms with Gasteiger partial charge in [-0.15, -0.1) is 0 Å². The van der Waals surface area contributed by atoms with Crippen molar-refractivity contribution >= 4 is 5.91 Å². The predicted molar refractivity (Wildman–Crippen MR) is 51.0 cm³/mol. The molecule has 1 aromatic carbocycles. The summed E-state index contributed by atoms with van der Waals surface area (Å²) in [4.78, 5) is 11.3. The zero-order valence-electron chi connectivity index (χ0n) is 7.83. The van der Waals surface area contributed by atoms with E-state index in [1.165, 1.54) is 0 Å². The number of hydrogen-bond donors (Lipinski definition) is 1. The van der Waals surface area contributed by atoms with Crippen molar-refractivity contribution in [3.63, 3.8) is 0 Å². The highest BCUT2D eigenvalue weighted by Gasteiger charge is 2.08. The molecule has 1 aromatic rings. The zero-order chi connectivity index (χ0) is 9.68. The number of benzene rings is 1. The SMILES string of the molecule is CCOc1ccccc1C(=O)NC. The highest BCUT2D eigenvalue weighted by Crippen LogP contribution is 2.17. The van der Waals surface area contributed by atoms with Gasteiger partial charge in [0.1, 0.15) is 5.75 Å². The van der Waals surface area contributed by atoms with Crippen LogP contribution in [-0.2, 0) is 0 Å². The Bertz CT molecular complexity index is 297. The van der Waals surface area contributed by atoms with Gasteiger partial charge in [-0.2, -0.15) is 0 Å². The standard InChI is InChI=1S/C10H13NO2/c1-3-13-9-7-5-4-6-8(9)10(12)11-2/h4-7H,3H2,1-2H3,(H,11,12). The third kappa shape index (κ3) is 2.21. The second-order valence-electron chi connectivity index (χ2n) is 2.51. The largest absolute Gasteiger partial charge is 0.493 e. The second kappa shape index (κ2) is 4.50. The highest BCUT2D eigenvalue weighted by molar-refractivity contribution is 5.96. The van der Waals surface area contributed by atoms with Crippen LogP contribution in [0.25, 0.3) is 0 Å². The molecular weight excluding hydrogens is 166 g/mol. The van der Waals surface area contributed by atoms with Crippen molar-refractivity contribution in [2.45, 2.75) is 6.92 Å². The topological polar surface area (TPSA) is 38.3 Å². The van der Waals surface area contributed by atoms with Crippen LogP contribution < -0.4 is 10.1 Å². The summed E-state index contributed by atoms with van der Waals surface area (Å²) in [5.41, 5.74) is 0.576. The van der Waals surface area contributed by atoms with Gasteiger partial charge in [-0.25, -0.2) is 0 Å². The Kier molecular flexibility index (Phi) is 3.31. The van der Waals surface area contributed by atoms with E-state index in [1.807, 2.05) is 19.1 Å². The van der Waals surface area contributed by atoms with Gasteiger partial charge in [0, 0.05) is 7.05 Å². The molecule has 0 spiro atoms. The molecule has 0 atom stereocenters. The molecule has 0 radical (unpaired) electrons. The fourth-order valence-corrected chi connectivity index (χ4v) is 1.07. The third-order valence-corrected chi connectivity index (χ3v) is 1.66. The number of carbonyl (C=O) groups excluding carboxylic acids is 1. The fraction of sp³-hybridized carbons (Fsp3) is 0.300. The Morgan fingerprint density at radius 1 is 1.46 bits per heavy atom. The number of ether oxygens (including phenoxy) is 1. The molecule has 0 saturated heterocycles. The number of hydrogen-bond acceptors (Lipinski definition) is 2. The molecule has 0 saturated carbocycles. The maximum absolute atomic E-state index is 11.3. The molecule has 1 amide bonds. The van der Waals surface area contributed by atoms with E-state index in [-0.39, 0.29) is 5.91 Å². The number of para-hydroxylation sites is 1. The molecule has 0 aromatic heterocycles. The van der Waals surface area contributed by atoms with Gasteiger partial charge >= 0.3 is 0 Å². The average molecular weight is 179 g/mol. The summed E-state index contributed by atoms with van der Waals surface area (Å²) in [5.74, 6) is 0.508. The third-order valence-electron chi connectivity index (χ3n) is 1.66. The van der Waals surface area contributed by atoms with E-state index in [0.29, 0.717) is 17.9 Å². The van der Waals surface area contributed by atoms with Crippen LogP contribution in [0.1, 0.15) is 17.3 Å². The van der Waals surface area contributed by atoms with Crippen LogP contribution in [0.4, 0.5) is 0 Å². The summed E-state index contributed by atoms with van der Waals surface area (Å²) in [5, 5.41) is 2.56. The molecule has 0 aliphatic carbocycles. The van der Waals surface area contributed by atoms with E-state index >= 15 is 0 Å². The Hall–Kier alpha value is -1.51. The summed E-state index contributed by atoms with van der Waals surface area (Å²) in [6, 6.07) is 7.18. The Morgan fingerprint density at radius 2 is 2.15 bits per heavy atom. The smallest absolute Gasteiger partial charge is 0.254 e. The van der Waals surface area contributed by atoms with Crippen molar-refractivity contribution in [3.8, 4) is 5.75 Å². The van der Waals surface area contributed by atoms with Gasteiger partial charge in [-0.1, -0.05) is 12.1 Å². The first-order chi connectivity index (χ1) is 6.29. The molecule has 0 heterocycles. The maximum atomic E-state index is 11.3. The van der Waals surface area contributed by atoms with E-state index < -0.39 is 0 Å². The number of nitrogens with one attached hydrogen (secondary N) is 1. The zero-order valence-corrected chi connectivity index (χ0v) is 7.83. The van der Waals surface area contributed by atoms with Crippen LogP contribution >= 0.6 is 0 Å². The number of carbonyl (C=O) groups is 1. The van der Waals surface area contributed by atoms with Crippen molar-refractivity contribution in [1.29, 1.82) is 0 Å². The Balaban J connectivity index is 2.97. The lowest BCUT2D eigenvalue weighted by Gasteiger charge is -2.07. The molecule has 1 N–H and O–H groups in total. The van der Waals surface area contributed by atoms with Crippen molar-refractivity contribution in [3.05, 3.63) is 29.8 Å². The summed E-state index contributed by atoms with van der Waals surface area (Å²) < 4.78 is 5.30. The lowest BCUT2D eigenvalue weighted by Crippen LogP contribution is -2.18. The van der Waals surface area contributed by atoms with E-state index in [2.05, 4.69) is 5.32 Å². The minimum Gasteiger partial charge on any atom is -0.493 e. The summed E-state index contributed by atoms with van der Waals surface area (Å²) in [6.07, 6.45) is 0. The molecule has 3 heteroatoms. The first-order valence-corrected chi connectivity index (χ1v) is 4.23. The molecule has 0 aliphatic heterocycles. The van der Waals surface area contributed by atoms with E-state index in [0.717, 1.165) is 0 Å². The fourth-order valence-electron chi connectivity index (χ4n) is 1.07. The molecule has 13 heavy (non-hydrogen) atoms. The Morgan fingerprint density at radius 3 is 2.77 bits per heavy atom. The van der Waals surface area contributed by atoms with Crippen LogP contribution in [-0.4, -0.2) is 19.6 Å². The second-order valence-corrected chi connectivity index (χ2v) is 2.51. The first-order valence-electron chi connectivity index (χ1n) is 4.23. The van der Waals surface area contributed by atoms with Crippen LogP contribution in [0.2, 0.25) is 0 Å². The minimum atomic E-state index is -0.121. The molecule has 0 fully saturated rings. The summed E-state index contributed by atoms with van der Waals surface area (Å²) in [6.45, 7) is 2.45. The van der Waals surface area contributed by atoms with E-state index in [9.17, 15) is 4.79 Å². The highest BCUT2D eigenvalue weighted by atomic mass is 16.5. The van der Waals surface area contributed by atoms with Gasteiger partial charge in [0.15, 0.2) is 0 Å². The van der Waals surface area contributed by atoms with Crippen molar-refractivity contribution in [2.24, 2.45) is 0 Å². The van der Waals surface area contributed by atoms with Gasteiger partial charge in [0.2, 0.25) is 0 Å². The number of amides is 1. The first kappa shape index (κ1) is 9.58. The Labute approximate surface area is 77.7 Å². The summed E-state index contributed by atoms with van der Waals surface area (Å²) in [7, 11) is 1.60. The quantitative estimate of drug-likeness (QED) is 0.762. The molecule has 70 valence electrons. The molecule has 0 unspecified atom stereocenters.